The Labute approximate surface area is 96.5 Å². The van der Waals surface area contributed by atoms with Gasteiger partial charge in [-0.05, 0) is 6.07 Å². The summed E-state index contributed by atoms with van der Waals surface area (Å²) in [4.78, 5) is 14.2. The first-order chi connectivity index (χ1) is 8.22. The predicted molar refractivity (Wildman–Crippen MR) is 58.8 cm³/mol. The Morgan fingerprint density at radius 3 is 2.82 bits per heavy atom. The van der Waals surface area contributed by atoms with Crippen LogP contribution in [0.1, 0.15) is 5.56 Å². The van der Waals surface area contributed by atoms with Crippen LogP contribution in [0.15, 0.2) is 17.1 Å². The molecule has 17 heavy (non-hydrogen) atoms. The quantitative estimate of drug-likeness (QED) is 0.474. The summed E-state index contributed by atoms with van der Waals surface area (Å²) in [5.41, 5.74) is 0.226. The first-order valence-electron chi connectivity index (χ1n) is 4.91. The van der Waals surface area contributed by atoms with Crippen LogP contribution in [0.25, 0.3) is 0 Å². The zero-order chi connectivity index (χ0) is 12.3. The van der Waals surface area contributed by atoms with Gasteiger partial charge in [-0.2, -0.15) is 0 Å². The zero-order valence-corrected chi connectivity index (χ0v) is 8.83. The van der Waals surface area contributed by atoms with Crippen LogP contribution in [0.4, 0.5) is 5.69 Å². The number of aliphatic hydroxyl groups is 1. The molecule has 7 nitrogen and oxygen atoms in total. The van der Waals surface area contributed by atoms with Crippen LogP contribution in [0.3, 0.4) is 0 Å². The van der Waals surface area contributed by atoms with Crippen molar-refractivity contribution in [1.82, 2.24) is 0 Å². The van der Waals surface area contributed by atoms with Crippen molar-refractivity contribution in [2.45, 2.75) is 0 Å². The van der Waals surface area contributed by atoms with Crippen LogP contribution >= 0.6 is 0 Å². The van der Waals surface area contributed by atoms with Crippen LogP contribution in [0.2, 0.25) is 0 Å². The number of aliphatic hydroxyl groups excluding tert-OH is 1. The summed E-state index contributed by atoms with van der Waals surface area (Å²) in [5, 5.41) is 19.4. The van der Waals surface area contributed by atoms with E-state index < -0.39 is 4.92 Å². The Bertz CT molecular complexity index is 472. The molecule has 0 spiro atoms. The van der Waals surface area contributed by atoms with E-state index in [2.05, 4.69) is 4.99 Å². The highest BCUT2D eigenvalue weighted by atomic mass is 16.7. The van der Waals surface area contributed by atoms with Gasteiger partial charge in [0.25, 0.3) is 5.69 Å². The van der Waals surface area contributed by atoms with Crippen molar-refractivity contribution in [2.24, 2.45) is 4.99 Å². The van der Waals surface area contributed by atoms with Crippen LogP contribution in [0.5, 0.6) is 11.5 Å². The molecule has 1 heterocycles. The van der Waals surface area contributed by atoms with Gasteiger partial charge in [0, 0.05) is 6.21 Å². The van der Waals surface area contributed by atoms with Crippen molar-refractivity contribution < 1.29 is 19.5 Å². The summed E-state index contributed by atoms with van der Waals surface area (Å²) in [5.74, 6) is 0.817. The monoisotopic (exact) mass is 238 g/mol. The van der Waals surface area contributed by atoms with Crippen LogP contribution < -0.4 is 9.47 Å². The standard InChI is InChI=1S/C10H10N2O5/c13-2-1-11-5-7-3-9-10(17-6-16-9)4-8(7)12(14)15/h3-5,13H,1-2,6H2. The van der Waals surface area contributed by atoms with Gasteiger partial charge in [0.15, 0.2) is 11.5 Å². The molecular formula is C10H10N2O5. The third-order valence-electron chi connectivity index (χ3n) is 2.18. The van der Waals surface area contributed by atoms with Crippen LogP contribution in [-0.4, -0.2) is 36.2 Å². The smallest absolute Gasteiger partial charge is 0.282 e. The van der Waals surface area contributed by atoms with Gasteiger partial charge in [-0.1, -0.05) is 0 Å². The lowest BCUT2D eigenvalue weighted by molar-refractivity contribution is -0.385. The average Bonchev–Trinajstić information content (AvgIpc) is 2.75. The fourth-order valence-electron chi connectivity index (χ4n) is 1.43. The molecule has 1 aromatic rings. The van der Waals surface area contributed by atoms with E-state index in [1.807, 2.05) is 0 Å². The van der Waals surface area contributed by atoms with Gasteiger partial charge in [-0.25, -0.2) is 0 Å². The second-order valence-corrected chi connectivity index (χ2v) is 3.28. The highest BCUT2D eigenvalue weighted by Crippen LogP contribution is 2.37. The van der Waals surface area contributed by atoms with Crippen molar-refractivity contribution in [2.75, 3.05) is 19.9 Å². The van der Waals surface area contributed by atoms with Crippen molar-refractivity contribution in [3.05, 3.63) is 27.8 Å². The summed E-state index contributed by atoms with van der Waals surface area (Å²) in [6.07, 6.45) is 1.34. The first kappa shape index (κ1) is 11.3. The Morgan fingerprint density at radius 1 is 1.47 bits per heavy atom. The minimum absolute atomic E-state index is 0.0592. The molecule has 1 N–H and O–H groups in total. The van der Waals surface area contributed by atoms with Gasteiger partial charge in [-0.15, -0.1) is 0 Å². The van der Waals surface area contributed by atoms with E-state index in [1.165, 1.54) is 18.3 Å². The lowest BCUT2D eigenvalue weighted by Crippen LogP contribution is -1.96. The number of hydrogen-bond acceptors (Lipinski definition) is 6. The van der Waals surface area contributed by atoms with E-state index in [1.54, 1.807) is 0 Å². The Balaban J connectivity index is 2.38. The number of rotatable bonds is 4. The lowest BCUT2D eigenvalue weighted by Gasteiger charge is -2.00. The van der Waals surface area contributed by atoms with E-state index in [4.69, 9.17) is 14.6 Å². The fraction of sp³-hybridized carbons (Fsp3) is 0.300. The molecule has 0 saturated heterocycles. The van der Waals surface area contributed by atoms with Crippen LogP contribution in [-0.2, 0) is 0 Å². The minimum atomic E-state index is -0.512. The molecule has 1 aromatic carbocycles. The molecule has 1 aliphatic rings. The molecule has 90 valence electrons. The number of nitro groups is 1. The van der Waals surface area contributed by atoms with Gasteiger partial charge in [-0.3, -0.25) is 15.1 Å². The Kier molecular flexibility index (Phi) is 3.20. The molecule has 0 aromatic heterocycles. The third kappa shape index (κ3) is 2.34. The number of fused-ring (bicyclic) bond motifs is 1. The van der Waals surface area contributed by atoms with E-state index in [9.17, 15) is 10.1 Å². The molecular weight excluding hydrogens is 228 g/mol. The Morgan fingerprint density at radius 2 is 2.18 bits per heavy atom. The Hall–Kier alpha value is -2.15. The summed E-state index contributed by atoms with van der Waals surface area (Å²) in [6.45, 7) is 0.157. The predicted octanol–water partition coefficient (Wildman–Crippen LogP) is 0.735. The highest BCUT2D eigenvalue weighted by molar-refractivity contribution is 5.87. The minimum Gasteiger partial charge on any atom is -0.454 e. The molecule has 0 bridgehead atoms. The molecule has 0 unspecified atom stereocenters. The molecule has 0 radical (unpaired) electrons. The number of hydrogen-bond donors (Lipinski definition) is 1. The van der Waals surface area contributed by atoms with Crippen molar-refractivity contribution >= 4 is 11.9 Å². The van der Waals surface area contributed by atoms with E-state index in [0.717, 1.165) is 0 Å². The average molecular weight is 238 g/mol. The molecule has 0 atom stereocenters. The van der Waals surface area contributed by atoms with Gasteiger partial charge in [0.2, 0.25) is 6.79 Å². The van der Waals surface area contributed by atoms with Gasteiger partial charge in [0.05, 0.1) is 29.7 Å². The maximum absolute atomic E-state index is 10.9. The van der Waals surface area contributed by atoms with Gasteiger partial charge < -0.3 is 14.6 Å². The van der Waals surface area contributed by atoms with E-state index in [-0.39, 0.29) is 25.6 Å². The summed E-state index contributed by atoms with van der Waals surface area (Å²) in [7, 11) is 0. The number of aliphatic imine (C=N–C) groups is 1. The van der Waals surface area contributed by atoms with Gasteiger partial charge >= 0.3 is 0 Å². The first-order valence-corrected chi connectivity index (χ1v) is 4.91. The fourth-order valence-corrected chi connectivity index (χ4v) is 1.43. The highest BCUT2D eigenvalue weighted by Gasteiger charge is 2.22. The SMILES string of the molecule is O=[N+]([O-])c1cc2c(cc1C=NCCO)OCO2. The molecule has 0 fully saturated rings. The molecule has 0 saturated carbocycles. The topological polar surface area (TPSA) is 94.2 Å². The second-order valence-electron chi connectivity index (χ2n) is 3.28. The molecule has 2 rings (SSSR count). The third-order valence-corrected chi connectivity index (χ3v) is 2.18. The largest absolute Gasteiger partial charge is 0.454 e. The summed E-state index contributed by atoms with van der Waals surface area (Å²) in [6, 6.07) is 2.81. The second kappa shape index (κ2) is 4.79. The molecule has 0 amide bonds. The van der Waals surface area contributed by atoms with Crippen molar-refractivity contribution in [3.63, 3.8) is 0 Å². The van der Waals surface area contributed by atoms with Crippen molar-refractivity contribution in [1.29, 1.82) is 0 Å². The lowest BCUT2D eigenvalue weighted by atomic mass is 10.1. The van der Waals surface area contributed by atoms with E-state index in [0.29, 0.717) is 17.1 Å². The summed E-state index contributed by atoms with van der Waals surface area (Å²) < 4.78 is 10.2. The number of nitro benzene ring substituents is 1. The number of ether oxygens (including phenoxy) is 2. The maximum Gasteiger partial charge on any atom is 0.282 e. The molecule has 1 aliphatic heterocycles. The molecule has 7 heteroatoms. The maximum atomic E-state index is 10.9. The molecule has 0 aliphatic carbocycles. The normalized spacial score (nSPS) is 13.2. The van der Waals surface area contributed by atoms with Crippen LogP contribution in [0, 0.1) is 10.1 Å². The van der Waals surface area contributed by atoms with Gasteiger partial charge in [0.1, 0.15) is 0 Å². The van der Waals surface area contributed by atoms with Crippen molar-refractivity contribution in [3.8, 4) is 11.5 Å². The number of nitrogens with zero attached hydrogens (tertiary/aromatic N) is 2. The summed E-state index contributed by atoms with van der Waals surface area (Å²) >= 11 is 0. The number of benzene rings is 1. The van der Waals surface area contributed by atoms with E-state index >= 15 is 0 Å². The zero-order valence-electron chi connectivity index (χ0n) is 8.83.